The van der Waals surface area contributed by atoms with Gasteiger partial charge in [-0.3, -0.25) is 0 Å². The van der Waals surface area contributed by atoms with Gasteiger partial charge in [0.2, 0.25) is 0 Å². The molecule has 0 saturated carbocycles. The molecule has 1 N–H and O–H groups in total. The molecule has 0 saturated heterocycles. The molecule has 0 unspecified atom stereocenters. The van der Waals surface area contributed by atoms with Gasteiger partial charge in [0.1, 0.15) is 16.4 Å². The Balaban J connectivity index is 3.64. The van der Waals surface area contributed by atoms with Crippen LogP contribution in [0.5, 0.6) is 0 Å². The lowest BCUT2D eigenvalue weighted by molar-refractivity contribution is -0.141. The van der Waals surface area contributed by atoms with E-state index >= 15 is 0 Å². The molecule has 0 aliphatic carbocycles. The van der Waals surface area contributed by atoms with E-state index in [0.29, 0.717) is 5.56 Å². The molecule has 92 valence electrons. The van der Waals surface area contributed by atoms with E-state index in [-0.39, 0.29) is 10.2 Å². The van der Waals surface area contributed by atoms with Crippen molar-refractivity contribution in [3.8, 4) is 6.07 Å². The molecule has 17 heavy (non-hydrogen) atoms. The monoisotopic (exact) mass is 260 g/mol. The van der Waals surface area contributed by atoms with Crippen molar-refractivity contribution in [2.24, 2.45) is 0 Å². The lowest BCUT2D eigenvalue weighted by atomic mass is 9.84. The van der Waals surface area contributed by atoms with Crippen LogP contribution in [0.25, 0.3) is 0 Å². The van der Waals surface area contributed by atoms with Gasteiger partial charge in [-0.1, -0.05) is 33.0 Å². The summed E-state index contributed by atoms with van der Waals surface area (Å²) in [5.74, 6) is 0. The van der Waals surface area contributed by atoms with Gasteiger partial charge in [-0.15, -0.1) is 0 Å². The van der Waals surface area contributed by atoms with Gasteiger partial charge in [0, 0.05) is 0 Å². The van der Waals surface area contributed by atoms with Gasteiger partial charge in [0.05, 0.1) is 5.56 Å². The van der Waals surface area contributed by atoms with Gasteiger partial charge in [-0.25, -0.2) is 0 Å². The summed E-state index contributed by atoms with van der Waals surface area (Å²) < 4.78 is 37.7. The van der Waals surface area contributed by atoms with Crippen molar-refractivity contribution >= 4 is 12.2 Å². The van der Waals surface area contributed by atoms with Crippen molar-refractivity contribution in [3.05, 3.63) is 27.5 Å². The number of rotatable bonds is 0. The van der Waals surface area contributed by atoms with Gasteiger partial charge in [-0.2, -0.15) is 18.4 Å². The van der Waals surface area contributed by atoms with Crippen LogP contribution < -0.4 is 0 Å². The Bertz CT molecular complexity index is 530. The highest BCUT2D eigenvalue weighted by molar-refractivity contribution is 7.71. The molecule has 1 aromatic heterocycles. The van der Waals surface area contributed by atoms with Crippen LogP contribution in [0.2, 0.25) is 0 Å². The van der Waals surface area contributed by atoms with Crippen LogP contribution in [0, 0.1) is 16.0 Å². The molecule has 0 aromatic carbocycles. The maximum atomic E-state index is 12.6. The number of nitriles is 1. The minimum Gasteiger partial charge on any atom is -0.341 e. The van der Waals surface area contributed by atoms with Crippen LogP contribution in [-0.2, 0) is 11.6 Å². The molecule has 0 fully saturated rings. The Morgan fingerprint density at radius 2 is 1.82 bits per heavy atom. The van der Waals surface area contributed by atoms with Crippen LogP contribution in [0.4, 0.5) is 13.2 Å². The summed E-state index contributed by atoms with van der Waals surface area (Å²) in [5, 5.41) is 8.94. The van der Waals surface area contributed by atoms with Crippen molar-refractivity contribution in [3.63, 3.8) is 0 Å². The third-order valence-corrected chi connectivity index (χ3v) is 2.56. The van der Waals surface area contributed by atoms with Gasteiger partial charge in [-0.05, 0) is 17.0 Å². The zero-order valence-electron chi connectivity index (χ0n) is 9.57. The predicted octanol–water partition coefficient (Wildman–Crippen LogP) is 3.93. The Morgan fingerprint density at radius 3 is 2.18 bits per heavy atom. The third kappa shape index (κ3) is 2.86. The second-order valence-electron chi connectivity index (χ2n) is 4.66. The summed E-state index contributed by atoms with van der Waals surface area (Å²) in [4.78, 5) is 2.05. The topological polar surface area (TPSA) is 39.6 Å². The largest absolute Gasteiger partial charge is 0.431 e. The van der Waals surface area contributed by atoms with Gasteiger partial charge in [0.25, 0.3) is 0 Å². The first-order valence-corrected chi connectivity index (χ1v) is 5.23. The molecular formula is C11H11F3N2S. The number of hydrogen-bond donors (Lipinski definition) is 1. The first-order chi connectivity index (χ1) is 7.57. The summed E-state index contributed by atoms with van der Waals surface area (Å²) in [6, 6.07) is 2.80. The Morgan fingerprint density at radius 1 is 1.29 bits per heavy atom. The lowest BCUT2D eigenvalue weighted by Gasteiger charge is -2.22. The minimum atomic E-state index is -4.50. The van der Waals surface area contributed by atoms with Crippen molar-refractivity contribution in [1.82, 2.24) is 4.98 Å². The molecule has 6 heteroatoms. The van der Waals surface area contributed by atoms with E-state index in [2.05, 4.69) is 0 Å². The molecule has 0 bridgehead atoms. The highest BCUT2D eigenvalue weighted by Crippen LogP contribution is 2.33. The van der Waals surface area contributed by atoms with E-state index in [9.17, 15) is 13.2 Å². The highest BCUT2D eigenvalue weighted by atomic mass is 32.1. The molecule has 0 aliphatic rings. The van der Waals surface area contributed by atoms with Crippen LogP contribution in [0.15, 0.2) is 6.07 Å². The maximum Gasteiger partial charge on any atom is 0.431 e. The number of pyridine rings is 1. The first kappa shape index (κ1) is 13.7. The molecule has 0 amide bonds. The summed E-state index contributed by atoms with van der Waals surface area (Å²) in [6.07, 6.45) is -4.50. The molecule has 0 atom stereocenters. The Kier molecular flexibility index (Phi) is 3.35. The van der Waals surface area contributed by atoms with Gasteiger partial charge < -0.3 is 4.98 Å². The quantitative estimate of drug-likeness (QED) is 0.718. The summed E-state index contributed by atoms with van der Waals surface area (Å²) in [5.41, 5.74) is -1.10. The fourth-order valence-electron chi connectivity index (χ4n) is 1.41. The molecule has 1 heterocycles. The molecule has 2 nitrogen and oxygen atoms in total. The van der Waals surface area contributed by atoms with Crippen LogP contribution >= 0.6 is 12.2 Å². The van der Waals surface area contributed by atoms with E-state index in [4.69, 9.17) is 17.5 Å². The van der Waals surface area contributed by atoms with E-state index in [1.54, 1.807) is 20.8 Å². The number of halogens is 3. The normalized spacial score (nSPS) is 12.3. The lowest BCUT2D eigenvalue weighted by Crippen LogP contribution is -2.18. The number of hydrogen-bond acceptors (Lipinski definition) is 2. The van der Waals surface area contributed by atoms with Gasteiger partial charge in [0.15, 0.2) is 0 Å². The van der Waals surface area contributed by atoms with E-state index in [1.807, 2.05) is 11.1 Å². The van der Waals surface area contributed by atoms with Crippen molar-refractivity contribution in [1.29, 1.82) is 5.26 Å². The first-order valence-electron chi connectivity index (χ1n) is 4.82. The SMILES string of the molecule is CC(C)(C)c1cc(C(F)(F)F)[nH]c(=S)c1C#N. The maximum absolute atomic E-state index is 12.6. The molecule has 0 radical (unpaired) electrons. The van der Waals surface area contributed by atoms with Crippen LogP contribution in [0.3, 0.4) is 0 Å². The fourth-order valence-corrected chi connectivity index (χ4v) is 1.68. The molecule has 0 spiro atoms. The highest BCUT2D eigenvalue weighted by Gasteiger charge is 2.34. The third-order valence-electron chi connectivity index (χ3n) is 2.26. The van der Waals surface area contributed by atoms with Crippen LogP contribution in [0.1, 0.15) is 37.6 Å². The number of H-pyrrole nitrogens is 1. The minimum absolute atomic E-state index is 0.0977. The van der Waals surface area contributed by atoms with Crippen molar-refractivity contribution < 1.29 is 13.2 Å². The van der Waals surface area contributed by atoms with Crippen molar-refractivity contribution in [2.45, 2.75) is 32.4 Å². The zero-order chi connectivity index (χ0) is 13.4. The molecule has 1 rings (SSSR count). The number of nitrogens with one attached hydrogen (secondary N) is 1. The summed E-state index contributed by atoms with van der Waals surface area (Å²) in [7, 11) is 0. The van der Waals surface area contributed by atoms with Crippen LogP contribution in [-0.4, -0.2) is 4.98 Å². The molecule has 0 aliphatic heterocycles. The van der Waals surface area contributed by atoms with E-state index in [1.165, 1.54) is 0 Å². The number of aromatic nitrogens is 1. The van der Waals surface area contributed by atoms with E-state index < -0.39 is 17.3 Å². The zero-order valence-corrected chi connectivity index (χ0v) is 10.4. The second kappa shape index (κ2) is 4.15. The van der Waals surface area contributed by atoms with Gasteiger partial charge >= 0.3 is 6.18 Å². The number of nitrogens with zero attached hydrogens (tertiary/aromatic N) is 1. The number of alkyl halides is 3. The number of aromatic amines is 1. The van der Waals surface area contributed by atoms with E-state index in [0.717, 1.165) is 6.07 Å². The predicted molar refractivity (Wildman–Crippen MR) is 60.0 cm³/mol. The summed E-state index contributed by atoms with van der Waals surface area (Å²) >= 11 is 4.79. The molecular weight excluding hydrogens is 249 g/mol. The smallest absolute Gasteiger partial charge is 0.341 e. The standard InChI is InChI=1S/C11H11F3N2S/c1-10(2,3)7-4-8(11(12,13)14)16-9(17)6(7)5-15/h4H,1-3H3,(H,16,17). The average molecular weight is 260 g/mol. The summed E-state index contributed by atoms with van der Waals surface area (Å²) in [6.45, 7) is 5.20. The second-order valence-corrected chi connectivity index (χ2v) is 5.07. The average Bonchev–Trinajstić information content (AvgIpc) is 2.13. The van der Waals surface area contributed by atoms with Crippen molar-refractivity contribution in [2.75, 3.05) is 0 Å². The molecule has 1 aromatic rings. The Hall–Kier alpha value is -1.35. The fraction of sp³-hybridized carbons (Fsp3) is 0.455. The Labute approximate surface area is 102 Å².